The number of piperidine rings is 1. The number of carbonyl (C=O) groups excluding carboxylic acids is 1. The molecule has 1 amide bonds. The predicted molar refractivity (Wildman–Crippen MR) is 75.4 cm³/mol. The number of hydrogen-bond acceptors (Lipinski definition) is 4. The molecule has 1 aliphatic rings. The Morgan fingerprint density at radius 2 is 2.21 bits per heavy atom. The molecule has 0 radical (unpaired) electrons. The Balaban J connectivity index is 2.20. The second-order valence-corrected chi connectivity index (χ2v) is 5.31. The van der Waals surface area contributed by atoms with Crippen molar-refractivity contribution in [3.05, 3.63) is 23.0 Å². The molecule has 0 saturated carbocycles. The largest absolute Gasteiger partial charge is 0.398 e. The van der Waals surface area contributed by atoms with E-state index in [0.717, 1.165) is 48.3 Å². The number of rotatable bonds is 3. The summed E-state index contributed by atoms with van der Waals surface area (Å²) in [5, 5.41) is 0. The van der Waals surface area contributed by atoms with Crippen LogP contribution in [0.5, 0.6) is 0 Å². The van der Waals surface area contributed by atoms with Crippen LogP contribution < -0.4 is 11.5 Å². The quantitative estimate of drug-likeness (QED) is 0.854. The Morgan fingerprint density at radius 1 is 1.47 bits per heavy atom. The van der Waals surface area contributed by atoms with Crippen molar-refractivity contribution < 1.29 is 4.79 Å². The number of anilines is 1. The highest BCUT2D eigenvalue weighted by molar-refractivity contribution is 5.79. The Labute approximate surface area is 114 Å². The van der Waals surface area contributed by atoms with Crippen molar-refractivity contribution in [1.29, 1.82) is 0 Å². The monoisotopic (exact) mass is 262 g/mol. The van der Waals surface area contributed by atoms with Gasteiger partial charge in [-0.15, -0.1) is 0 Å². The van der Waals surface area contributed by atoms with Crippen LogP contribution in [0.25, 0.3) is 0 Å². The summed E-state index contributed by atoms with van der Waals surface area (Å²) in [7, 11) is 0. The van der Waals surface area contributed by atoms with Gasteiger partial charge in [0.15, 0.2) is 0 Å². The fourth-order valence-electron chi connectivity index (χ4n) is 2.65. The van der Waals surface area contributed by atoms with Crippen LogP contribution in [0.2, 0.25) is 0 Å². The van der Waals surface area contributed by atoms with E-state index in [0.29, 0.717) is 6.54 Å². The first-order valence-electron chi connectivity index (χ1n) is 6.74. The first-order valence-corrected chi connectivity index (χ1v) is 6.74. The average Bonchev–Trinajstić information content (AvgIpc) is 2.40. The molecule has 0 spiro atoms. The molecule has 1 fully saturated rings. The minimum Gasteiger partial charge on any atom is -0.398 e. The third-order valence-electron chi connectivity index (χ3n) is 3.97. The molecule has 104 valence electrons. The lowest BCUT2D eigenvalue weighted by molar-refractivity contribution is -0.124. The molecule has 5 nitrogen and oxygen atoms in total. The van der Waals surface area contributed by atoms with E-state index >= 15 is 0 Å². The van der Waals surface area contributed by atoms with E-state index in [4.69, 9.17) is 11.5 Å². The number of carbonyl (C=O) groups is 1. The molecule has 19 heavy (non-hydrogen) atoms. The van der Waals surface area contributed by atoms with E-state index in [1.54, 1.807) is 6.20 Å². The number of likely N-dealkylation sites (tertiary alicyclic amines) is 1. The SMILES string of the molecule is Cc1cnc(CN2CCCCC2C(N)=O)c(C)c1N. The van der Waals surface area contributed by atoms with Gasteiger partial charge in [-0.2, -0.15) is 0 Å². The zero-order valence-electron chi connectivity index (χ0n) is 11.6. The van der Waals surface area contributed by atoms with Crippen LogP contribution in [-0.2, 0) is 11.3 Å². The van der Waals surface area contributed by atoms with E-state index in [2.05, 4.69) is 9.88 Å². The second-order valence-electron chi connectivity index (χ2n) is 5.31. The molecule has 2 rings (SSSR count). The summed E-state index contributed by atoms with van der Waals surface area (Å²) in [6.45, 7) is 5.46. The lowest BCUT2D eigenvalue weighted by Gasteiger charge is -2.33. The molecule has 1 atom stereocenters. The number of amides is 1. The number of pyridine rings is 1. The Hall–Kier alpha value is -1.62. The van der Waals surface area contributed by atoms with Crippen LogP contribution >= 0.6 is 0 Å². The molecule has 0 aromatic carbocycles. The summed E-state index contributed by atoms with van der Waals surface area (Å²) in [5.74, 6) is -0.238. The summed E-state index contributed by atoms with van der Waals surface area (Å²) >= 11 is 0. The van der Waals surface area contributed by atoms with Crippen molar-refractivity contribution in [2.45, 2.75) is 45.7 Å². The highest BCUT2D eigenvalue weighted by atomic mass is 16.1. The maximum absolute atomic E-state index is 11.5. The summed E-state index contributed by atoms with van der Waals surface area (Å²) in [4.78, 5) is 18.1. The van der Waals surface area contributed by atoms with Crippen molar-refractivity contribution >= 4 is 11.6 Å². The summed E-state index contributed by atoms with van der Waals surface area (Å²) in [6, 6.07) is -0.169. The normalized spacial score (nSPS) is 20.4. The first-order chi connectivity index (χ1) is 9.00. The van der Waals surface area contributed by atoms with E-state index < -0.39 is 0 Å². The number of hydrogen-bond donors (Lipinski definition) is 2. The maximum Gasteiger partial charge on any atom is 0.234 e. The molecule has 1 aromatic heterocycles. The van der Waals surface area contributed by atoms with Crippen LogP contribution in [0.3, 0.4) is 0 Å². The van der Waals surface area contributed by atoms with Crippen molar-refractivity contribution in [3.8, 4) is 0 Å². The van der Waals surface area contributed by atoms with Gasteiger partial charge >= 0.3 is 0 Å². The van der Waals surface area contributed by atoms with Gasteiger partial charge in [0, 0.05) is 18.4 Å². The predicted octanol–water partition coefficient (Wildman–Crippen LogP) is 1.12. The minimum atomic E-state index is -0.238. The van der Waals surface area contributed by atoms with Gasteiger partial charge in [-0.1, -0.05) is 6.42 Å². The topological polar surface area (TPSA) is 85.2 Å². The van der Waals surface area contributed by atoms with Crippen LogP contribution in [0, 0.1) is 13.8 Å². The number of primary amides is 1. The Kier molecular flexibility index (Phi) is 4.04. The highest BCUT2D eigenvalue weighted by Gasteiger charge is 2.27. The zero-order chi connectivity index (χ0) is 14.0. The van der Waals surface area contributed by atoms with Gasteiger partial charge in [0.1, 0.15) is 0 Å². The lowest BCUT2D eigenvalue weighted by atomic mass is 10.0. The fourth-order valence-corrected chi connectivity index (χ4v) is 2.65. The van der Waals surface area contributed by atoms with Gasteiger partial charge in [0.25, 0.3) is 0 Å². The maximum atomic E-state index is 11.5. The molecule has 5 heteroatoms. The third-order valence-corrected chi connectivity index (χ3v) is 3.97. The summed E-state index contributed by atoms with van der Waals surface area (Å²) in [5.41, 5.74) is 15.2. The van der Waals surface area contributed by atoms with E-state index in [1.165, 1.54) is 0 Å². The molecular weight excluding hydrogens is 240 g/mol. The molecule has 0 bridgehead atoms. The third kappa shape index (κ3) is 2.87. The van der Waals surface area contributed by atoms with E-state index in [-0.39, 0.29) is 11.9 Å². The number of nitrogen functional groups attached to an aromatic ring is 1. The highest BCUT2D eigenvalue weighted by Crippen LogP contribution is 2.23. The first kappa shape index (κ1) is 13.8. The minimum absolute atomic E-state index is 0.169. The van der Waals surface area contributed by atoms with Crippen molar-refractivity contribution in [3.63, 3.8) is 0 Å². The summed E-state index contributed by atoms with van der Waals surface area (Å²) < 4.78 is 0. The van der Waals surface area contributed by atoms with E-state index in [9.17, 15) is 4.79 Å². The zero-order valence-corrected chi connectivity index (χ0v) is 11.6. The van der Waals surface area contributed by atoms with Crippen molar-refractivity contribution in [2.75, 3.05) is 12.3 Å². The van der Waals surface area contributed by atoms with Gasteiger partial charge in [-0.25, -0.2) is 0 Å². The van der Waals surface area contributed by atoms with Gasteiger partial charge in [0.05, 0.1) is 11.7 Å². The molecule has 1 aromatic rings. The van der Waals surface area contributed by atoms with E-state index in [1.807, 2.05) is 13.8 Å². The van der Waals surface area contributed by atoms with Crippen LogP contribution in [0.1, 0.15) is 36.1 Å². The number of aromatic nitrogens is 1. The van der Waals surface area contributed by atoms with Gasteiger partial charge in [0.2, 0.25) is 5.91 Å². The van der Waals surface area contributed by atoms with Crippen molar-refractivity contribution in [2.24, 2.45) is 5.73 Å². The molecular formula is C14H22N4O. The standard InChI is InChI=1S/C14H22N4O/c1-9-7-17-11(10(2)13(9)15)8-18-6-4-3-5-12(18)14(16)19/h7,12H,3-6,8H2,1-2H3,(H2,15,17)(H2,16,19). The molecule has 0 aliphatic carbocycles. The van der Waals surface area contributed by atoms with Gasteiger partial charge < -0.3 is 11.5 Å². The van der Waals surface area contributed by atoms with Crippen LogP contribution in [-0.4, -0.2) is 28.4 Å². The van der Waals surface area contributed by atoms with Crippen LogP contribution in [0.4, 0.5) is 5.69 Å². The Bertz CT molecular complexity index is 487. The lowest BCUT2D eigenvalue weighted by Crippen LogP contribution is -2.47. The molecule has 1 saturated heterocycles. The summed E-state index contributed by atoms with van der Waals surface area (Å²) in [6.07, 6.45) is 4.80. The smallest absolute Gasteiger partial charge is 0.234 e. The molecule has 2 heterocycles. The second kappa shape index (κ2) is 5.57. The number of nitrogens with two attached hydrogens (primary N) is 2. The molecule has 1 aliphatic heterocycles. The Morgan fingerprint density at radius 3 is 2.89 bits per heavy atom. The molecule has 4 N–H and O–H groups in total. The average molecular weight is 262 g/mol. The van der Waals surface area contributed by atoms with Crippen molar-refractivity contribution in [1.82, 2.24) is 9.88 Å². The van der Waals surface area contributed by atoms with Gasteiger partial charge in [-0.05, 0) is 44.4 Å². The fraction of sp³-hybridized carbons (Fsp3) is 0.571. The number of aryl methyl sites for hydroxylation is 1. The van der Waals surface area contributed by atoms with Crippen LogP contribution in [0.15, 0.2) is 6.20 Å². The van der Waals surface area contributed by atoms with Gasteiger partial charge in [-0.3, -0.25) is 14.7 Å². The molecule has 1 unspecified atom stereocenters. The number of nitrogens with zero attached hydrogens (tertiary/aromatic N) is 2.